The fourth-order valence-corrected chi connectivity index (χ4v) is 1.53. The lowest BCUT2D eigenvalue weighted by Crippen LogP contribution is -2.22. The van der Waals surface area contributed by atoms with Gasteiger partial charge in [0.25, 0.3) is 5.91 Å². The number of carbonyl (C=O) groups excluding carboxylic acids is 2. The number of halogens is 1. The van der Waals surface area contributed by atoms with Crippen LogP contribution >= 0.6 is 0 Å². The summed E-state index contributed by atoms with van der Waals surface area (Å²) >= 11 is 0. The number of hydrogen-bond donors (Lipinski definition) is 1. The first-order valence-corrected chi connectivity index (χ1v) is 5.45. The molecule has 4 nitrogen and oxygen atoms in total. The molecule has 0 saturated heterocycles. The summed E-state index contributed by atoms with van der Waals surface area (Å²) in [6.45, 7) is 0. The molecule has 19 heavy (non-hydrogen) atoms. The van der Waals surface area contributed by atoms with Crippen LogP contribution in [0.2, 0.25) is 0 Å². The quantitative estimate of drug-likeness (QED) is 0.905. The zero-order chi connectivity index (χ0) is 13.8. The molecule has 0 heterocycles. The fourth-order valence-electron chi connectivity index (χ4n) is 1.53. The van der Waals surface area contributed by atoms with Crippen LogP contribution < -0.4 is 10.4 Å². The van der Waals surface area contributed by atoms with Crippen LogP contribution in [-0.2, 0) is 0 Å². The second kappa shape index (κ2) is 5.30. The van der Waals surface area contributed by atoms with Crippen molar-refractivity contribution in [2.24, 2.45) is 0 Å². The Balaban J connectivity index is 2.15. The molecule has 1 amide bonds. The summed E-state index contributed by atoms with van der Waals surface area (Å²) in [7, 11) is 0. The van der Waals surface area contributed by atoms with Crippen molar-refractivity contribution < 1.29 is 19.1 Å². The van der Waals surface area contributed by atoms with E-state index in [-0.39, 0.29) is 11.1 Å². The Morgan fingerprint density at radius 3 is 2.21 bits per heavy atom. The van der Waals surface area contributed by atoms with Crippen LogP contribution in [0.4, 0.5) is 10.1 Å². The van der Waals surface area contributed by atoms with Gasteiger partial charge in [-0.2, -0.15) is 0 Å². The highest BCUT2D eigenvalue weighted by atomic mass is 19.1. The number of rotatable bonds is 3. The molecule has 2 rings (SSSR count). The second-order valence-corrected chi connectivity index (χ2v) is 3.80. The van der Waals surface area contributed by atoms with Gasteiger partial charge in [0, 0.05) is 5.69 Å². The minimum Gasteiger partial charge on any atom is -0.545 e. The number of aromatic carboxylic acids is 1. The highest BCUT2D eigenvalue weighted by molar-refractivity contribution is 6.04. The molecule has 0 aliphatic heterocycles. The van der Waals surface area contributed by atoms with Crippen LogP contribution in [-0.4, -0.2) is 11.9 Å². The molecule has 0 aromatic heterocycles. The van der Waals surface area contributed by atoms with Gasteiger partial charge in [0.05, 0.1) is 11.5 Å². The maximum atomic E-state index is 13.4. The van der Waals surface area contributed by atoms with Crippen molar-refractivity contribution >= 4 is 17.6 Å². The van der Waals surface area contributed by atoms with E-state index >= 15 is 0 Å². The van der Waals surface area contributed by atoms with E-state index in [1.54, 1.807) is 6.07 Å². The summed E-state index contributed by atoms with van der Waals surface area (Å²) in [6.07, 6.45) is 0. The predicted octanol–water partition coefficient (Wildman–Crippen LogP) is 1.44. The molecule has 0 spiro atoms. The SMILES string of the molecule is O=C([O-])c1ccc(NC(=O)c2ccccc2F)cc1. The molecule has 2 aromatic carbocycles. The molecule has 96 valence electrons. The Hall–Kier alpha value is -2.69. The third-order valence-electron chi connectivity index (χ3n) is 2.50. The van der Waals surface area contributed by atoms with Crippen LogP contribution in [0.1, 0.15) is 20.7 Å². The van der Waals surface area contributed by atoms with Crippen LogP contribution in [0.25, 0.3) is 0 Å². The van der Waals surface area contributed by atoms with Gasteiger partial charge in [0.2, 0.25) is 0 Å². The van der Waals surface area contributed by atoms with Gasteiger partial charge in [-0.1, -0.05) is 24.3 Å². The number of benzene rings is 2. The first kappa shape index (κ1) is 12.8. The van der Waals surface area contributed by atoms with Gasteiger partial charge in [0.15, 0.2) is 0 Å². The Labute approximate surface area is 108 Å². The van der Waals surface area contributed by atoms with Crippen molar-refractivity contribution in [2.75, 3.05) is 5.32 Å². The Kier molecular flexibility index (Phi) is 3.56. The maximum Gasteiger partial charge on any atom is 0.258 e. The molecular formula is C14H9FNO3-. The Bertz CT molecular complexity index is 623. The molecule has 5 heteroatoms. The van der Waals surface area contributed by atoms with E-state index in [0.29, 0.717) is 5.69 Å². The summed E-state index contributed by atoms with van der Waals surface area (Å²) in [5.41, 5.74) is 0.300. The lowest BCUT2D eigenvalue weighted by Gasteiger charge is -2.07. The van der Waals surface area contributed by atoms with Gasteiger partial charge in [-0.25, -0.2) is 4.39 Å². The number of carboxylic acids is 1. The number of nitrogens with one attached hydrogen (secondary N) is 1. The zero-order valence-electron chi connectivity index (χ0n) is 9.72. The zero-order valence-corrected chi connectivity index (χ0v) is 9.72. The normalized spacial score (nSPS) is 9.95. The summed E-state index contributed by atoms with van der Waals surface area (Å²) in [6, 6.07) is 11.0. The molecule has 2 aromatic rings. The summed E-state index contributed by atoms with van der Waals surface area (Å²) in [5.74, 6) is -2.52. The molecular weight excluding hydrogens is 249 g/mol. The van der Waals surface area contributed by atoms with Crippen molar-refractivity contribution in [1.29, 1.82) is 0 Å². The monoisotopic (exact) mass is 258 g/mol. The predicted molar refractivity (Wildman–Crippen MR) is 65.1 cm³/mol. The Morgan fingerprint density at radius 1 is 1.00 bits per heavy atom. The van der Waals surface area contributed by atoms with Crippen molar-refractivity contribution in [3.05, 3.63) is 65.5 Å². The van der Waals surface area contributed by atoms with E-state index in [4.69, 9.17) is 0 Å². The Morgan fingerprint density at radius 2 is 1.63 bits per heavy atom. The number of anilines is 1. The van der Waals surface area contributed by atoms with E-state index in [1.165, 1.54) is 42.5 Å². The van der Waals surface area contributed by atoms with E-state index in [2.05, 4.69) is 5.32 Å². The molecule has 0 aliphatic rings. The van der Waals surface area contributed by atoms with Crippen molar-refractivity contribution in [3.63, 3.8) is 0 Å². The lowest BCUT2D eigenvalue weighted by atomic mass is 10.1. The van der Waals surface area contributed by atoms with Gasteiger partial charge >= 0.3 is 0 Å². The number of carboxylic acid groups (broad SMARTS) is 1. The van der Waals surface area contributed by atoms with Crippen LogP contribution in [0.15, 0.2) is 48.5 Å². The van der Waals surface area contributed by atoms with Crippen LogP contribution in [0, 0.1) is 5.82 Å². The highest BCUT2D eigenvalue weighted by Crippen LogP contribution is 2.12. The average molecular weight is 258 g/mol. The van der Waals surface area contributed by atoms with E-state index < -0.39 is 17.7 Å². The van der Waals surface area contributed by atoms with Crippen LogP contribution in [0.3, 0.4) is 0 Å². The van der Waals surface area contributed by atoms with Crippen molar-refractivity contribution in [3.8, 4) is 0 Å². The fraction of sp³-hybridized carbons (Fsp3) is 0. The largest absolute Gasteiger partial charge is 0.545 e. The number of amides is 1. The molecule has 0 bridgehead atoms. The molecule has 0 aliphatic carbocycles. The first-order chi connectivity index (χ1) is 9.08. The number of hydrogen-bond acceptors (Lipinski definition) is 3. The topological polar surface area (TPSA) is 69.2 Å². The van der Waals surface area contributed by atoms with Crippen LogP contribution in [0.5, 0.6) is 0 Å². The highest BCUT2D eigenvalue weighted by Gasteiger charge is 2.10. The van der Waals surface area contributed by atoms with Gasteiger partial charge < -0.3 is 15.2 Å². The summed E-state index contributed by atoms with van der Waals surface area (Å²) in [5, 5.41) is 13.0. The molecule has 0 radical (unpaired) electrons. The minimum absolute atomic E-state index is 0.00360. The average Bonchev–Trinajstić information content (AvgIpc) is 2.39. The minimum atomic E-state index is -1.30. The smallest absolute Gasteiger partial charge is 0.258 e. The van der Waals surface area contributed by atoms with Gasteiger partial charge in [-0.15, -0.1) is 0 Å². The van der Waals surface area contributed by atoms with Crippen molar-refractivity contribution in [2.45, 2.75) is 0 Å². The molecule has 0 fully saturated rings. The molecule has 0 unspecified atom stereocenters. The van der Waals surface area contributed by atoms with Gasteiger partial charge in [-0.05, 0) is 29.8 Å². The van der Waals surface area contributed by atoms with Gasteiger partial charge in [-0.3, -0.25) is 4.79 Å². The van der Waals surface area contributed by atoms with E-state index in [9.17, 15) is 19.1 Å². The summed E-state index contributed by atoms with van der Waals surface area (Å²) in [4.78, 5) is 22.3. The first-order valence-electron chi connectivity index (χ1n) is 5.45. The third kappa shape index (κ3) is 2.95. The van der Waals surface area contributed by atoms with Crippen molar-refractivity contribution in [1.82, 2.24) is 0 Å². The number of carbonyl (C=O) groups is 2. The van der Waals surface area contributed by atoms with Gasteiger partial charge in [0.1, 0.15) is 5.82 Å². The second-order valence-electron chi connectivity index (χ2n) is 3.80. The molecule has 0 saturated carbocycles. The third-order valence-corrected chi connectivity index (χ3v) is 2.50. The summed E-state index contributed by atoms with van der Waals surface area (Å²) < 4.78 is 13.4. The molecule has 1 N–H and O–H groups in total. The lowest BCUT2D eigenvalue weighted by molar-refractivity contribution is -0.255. The molecule has 0 atom stereocenters. The van der Waals surface area contributed by atoms with E-state index in [0.717, 1.165) is 0 Å². The standard InChI is InChI=1S/C14H10FNO3/c15-12-4-2-1-3-11(12)13(17)16-10-7-5-9(6-8-10)14(18)19/h1-8H,(H,16,17)(H,18,19)/p-1. The maximum absolute atomic E-state index is 13.4. The van der Waals surface area contributed by atoms with E-state index in [1.807, 2.05) is 0 Å².